The van der Waals surface area contributed by atoms with Crippen LogP contribution in [0.3, 0.4) is 0 Å². The van der Waals surface area contributed by atoms with Gasteiger partial charge in [0, 0.05) is 107 Å². The lowest BCUT2D eigenvalue weighted by molar-refractivity contribution is -0.302. The van der Waals surface area contributed by atoms with Gasteiger partial charge in [-0.3, -0.25) is 14.4 Å². The van der Waals surface area contributed by atoms with Crippen LogP contribution in [0.2, 0.25) is 0 Å². The Bertz CT molecular complexity index is 3940. The minimum Gasteiger partial charge on any atom is -0.493 e. The predicted octanol–water partition coefficient (Wildman–Crippen LogP) is 9.21. The number of carbonyl (C=O) groups is 4. The van der Waals surface area contributed by atoms with Crippen LogP contribution in [0.5, 0.6) is 5.75 Å². The molecule has 3 aromatic carbocycles. The molecule has 5 fully saturated rings. The van der Waals surface area contributed by atoms with E-state index in [-0.39, 0.29) is 73.7 Å². The Morgan fingerprint density at radius 1 is 0.806 bits per heavy atom. The van der Waals surface area contributed by atoms with Crippen molar-refractivity contribution in [3.8, 4) is 11.4 Å². The Labute approximate surface area is 631 Å². The zero-order valence-corrected chi connectivity index (χ0v) is 64.1. The molecule has 5 aliphatic heterocycles. The first-order valence-corrected chi connectivity index (χ1v) is 38.2. The Hall–Kier alpha value is -7.86. The molecule has 4 saturated heterocycles. The number of benzene rings is 3. The van der Waals surface area contributed by atoms with Gasteiger partial charge in [0.1, 0.15) is 66.0 Å². The molecular weight excluding hydrogens is 1390 g/mol. The highest BCUT2D eigenvalue weighted by atomic mass is 19.1. The van der Waals surface area contributed by atoms with Crippen molar-refractivity contribution < 1.29 is 81.5 Å². The highest BCUT2D eigenvalue weighted by Gasteiger charge is 2.57. The lowest BCUT2D eigenvalue weighted by Crippen LogP contribution is -2.64. The minimum absolute atomic E-state index is 0.00988. The molecule has 5 aromatic rings. The molecule has 7 heterocycles. The van der Waals surface area contributed by atoms with Crippen molar-refractivity contribution in [1.82, 2.24) is 34.0 Å². The number of amides is 1. The molecule has 6 aliphatic rings. The molecule has 0 spiro atoms. The van der Waals surface area contributed by atoms with Crippen LogP contribution < -0.4 is 20.2 Å². The number of fused-ring (bicyclic) bond motifs is 3. The number of aliphatic hydroxyl groups is 4. The van der Waals surface area contributed by atoms with Crippen LogP contribution in [-0.4, -0.2) is 206 Å². The maximum absolute atomic E-state index is 15.0. The summed E-state index contributed by atoms with van der Waals surface area (Å²) < 4.78 is 75.3. The molecule has 25 nitrogen and oxygen atoms in total. The molecule has 18 atom stereocenters. The molecule has 590 valence electrons. The van der Waals surface area contributed by atoms with Gasteiger partial charge in [-0.2, -0.15) is 10.2 Å². The maximum Gasteiger partial charge on any atom is 0.350 e. The van der Waals surface area contributed by atoms with Crippen LogP contribution in [0.25, 0.3) is 5.69 Å². The summed E-state index contributed by atoms with van der Waals surface area (Å²) in [6, 6.07) is 18.0. The van der Waals surface area contributed by atoms with Crippen molar-refractivity contribution in [2.45, 2.75) is 211 Å². The molecule has 2 bridgehead atoms. The summed E-state index contributed by atoms with van der Waals surface area (Å²) in [5, 5.41) is 52.6. The Morgan fingerprint density at radius 3 is 2.10 bits per heavy atom. The lowest BCUT2D eigenvalue weighted by atomic mass is 9.81. The quantitative estimate of drug-likeness (QED) is 0.0340. The van der Waals surface area contributed by atoms with E-state index in [0.717, 1.165) is 60.6 Å². The normalized spacial score (nSPS) is 31.3. The number of carbonyl (C=O) groups excluding carboxylic acids is 4. The van der Waals surface area contributed by atoms with Crippen molar-refractivity contribution >= 4 is 34.8 Å². The molecule has 0 radical (unpaired) electrons. The Kier molecular flexibility index (Phi) is 28.5. The number of piperazine rings is 1. The van der Waals surface area contributed by atoms with E-state index in [1.165, 1.54) is 53.2 Å². The van der Waals surface area contributed by atoms with Gasteiger partial charge >= 0.3 is 11.7 Å². The van der Waals surface area contributed by atoms with E-state index in [2.05, 4.69) is 43.7 Å². The number of ketones is 2. The first kappa shape index (κ1) is 82.6. The summed E-state index contributed by atoms with van der Waals surface area (Å²) in [7, 11) is 4.61. The van der Waals surface area contributed by atoms with Crippen molar-refractivity contribution in [3.63, 3.8) is 0 Å². The van der Waals surface area contributed by atoms with E-state index in [1.807, 2.05) is 76.2 Å². The molecule has 4 N–H and O–H groups in total. The van der Waals surface area contributed by atoms with Crippen LogP contribution in [0.1, 0.15) is 144 Å². The van der Waals surface area contributed by atoms with Crippen LogP contribution in [-0.2, 0) is 59.7 Å². The molecule has 2 aromatic heterocycles. The average molecular weight is 1500 g/mol. The standard InChI is InChI=1S/C44H69NO12.C37H42F2N8O4/c1-10-13-31-19-25(2)18-26(3)20-37(54-8)40-38(55-9)22-28(5)44(52,57-40)41(49)42(50)45-17-12-11-14-32(45)43(51)56-39(29(6)34(47)24-35(31)48)27(4)21-30-15-16-33(46)36(23-30)53-7;1-3-35(26(2)48)47-36(49)46(25-42-47)31-7-5-29(6-8-31)43-14-16-44(17-15-43)30-9-11-32(12-10-30)50-20-27-19-37(51-21-27,22-45-24-40-23-41-45)33-13-4-28(38)18-34(33)39/h10,19,21,26,28-34,36-40,46-47,52H,1,11-18,20,22-24H2,2-9H3;4-13,18,23-27,35,48H,3,14-17,19-22H2,1-2H3/b25-19-,27-21+;/t26-,28+,29+,30-,31+,32-,33+,34-,36+,37-,38-,39+,40+,44+;26-,27+,35-,37-/m00/s1. The molecule has 1 amide bonds. The summed E-state index contributed by atoms with van der Waals surface area (Å²) in [6.07, 6.45) is 9.82. The monoisotopic (exact) mass is 1500 g/mol. The Balaban J connectivity index is 0.000000231. The fourth-order valence-electron chi connectivity index (χ4n) is 16.7. The predicted molar refractivity (Wildman–Crippen MR) is 400 cm³/mol. The van der Waals surface area contributed by atoms with Crippen molar-refractivity contribution in [3.05, 3.63) is 149 Å². The third-order valence-electron chi connectivity index (χ3n) is 22.8. The highest BCUT2D eigenvalue weighted by molar-refractivity contribution is 6.39. The van der Waals surface area contributed by atoms with Crippen molar-refractivity contribution in [1.29, 1.82) is 0 Å². The molecule has 11 rings (SSSR count). The van der Waals surface area contributed by atoms with Gasteiger partial charge in [0.15, 0.2) is 0 Å². The number of hydrogen-bond donors (Lipinski definition) is 4. The minimum atomic E-state index is -2.51. The number of piperidine rings is 1. The van der Waals surface area contributed by atoms with Gasteiger partial charge in [0.05, 0.1) is 68.1 Å². The molecule has 1 saturated carbocycles. The number of anilines is 2. The van der Waals surface area contributed by atoms with Crippen LogP contribution >= 0.6 is 0 Å². The van der Waals surface area contributed by atoms with Gasteiger partial charge in [-0.15, -0.1) is 6.58 Å². The van der Waals surface area contributed by atoms with Crippen molar-refractivity contribution in [2.24, 2.45) is 35.5 Å². The van der Waals surface area contributed by atoms with Gasteiger partial charge < -0.3 is 68.3 Å². The number of halogens is 2. The van der Waals surface area contributed by atoms with Gasteiger partial charge in [-0.05, 0) is 170 Å². The number of ether oxygens (including phenoxy) is 7. The second-order valence-electron chi connectivity index (χ2n) is 30.6. The smallest absolute Gasteiger partial charge is 0.350 e. The lowest BCUT2D eigenvalue weighted by Gasteiger charge is -2.47. The van der Waals surface area contributed by atoms with E-state index in [9.17, 15) is 53.2 Å². The fourth-order valence-corrected chi connectivity index (χ4v) is 16.7. The maximum atomic E-state index is 15.0. The zero-order chi connectivity index (χ0) is 77.7. The van der Waals surface area contributed by atoms with E-state index in [0.29, 0.717) is 88.6 Å². The van der Waals surface area contributed by atoms with Gasteiger partial charge in [-0.25, -0.2) is 37.3 Å². The number of allylic oxidation sites excluding steroid dienone is 4. The third-order valence-corrected chi connectivity index (χ3v) is 22.8. The first-order chi connectivity index (χ1) is 51.7. The number of hydrogen-bond acceptors (Lipinski definition) is 21. The molecule has 0 unspecified atom stereocenters. The van der Waals surface area contributed by atoms with Crippen LogP contribution in [0, 0.1) is 47.1 Å². The van der Waals surface area contributed by atoms with Crippen LogP contribution in [0.4, 0.5) is 20.2 Å². The van der Waals surface area contributed by atoms with Gasteiger partial charge in [0.2, 0.25) is 5.79 Å². The largest absolute Gasteiger partial charge is 0.493 e. The molecule has 27 heteroatoms. The zero-order valence-electron chi connectivity index (χ0n) is 64.1. The number of nitrogens with zero attached hydrogens (tertiary/aromatic N) is 9. The van der Waals surface area contributed by atoms with Crippen LogP contribution in [0.15, 0.2) is 126 Å². The molecular formula is C81H111F2N9O16. The summed E-state index contributed by atoms with van der Waals surface area (Å²) in [4.78, 5) is 79.5. The first-order valence-electron chi connectivity index (χ1n) is 38.2. The molecule has 108 heavy (non-hydrogen) atoms. The Morgan fingerprint density at radius 2 is 1.47 bits per heavy atom. The fraction of sp³-hybridized carbons (Fsp3) is 0.605. The topological polar surface area (TPSA) is 294 Å². The number of aliphatic hydroxyl groups excluding tert-OH is 3. The number of rotatable bonds is 19. The second kappa shape index (κ2) is 37.2. The number of Topliss-reactive ketones (excluding diaryl/α,β-unsaturated/α-hetero) is 2. The number of esters is 1. The molecule has 1 aliphatic carbocycles. The van der Waals surface area contributed by atoms with Gasteiger partial charge in [-0.1, -0.05) is 57.6 Å². The summed E-state index contributed by atoms with van der Waals surface area (Å²) >= 11 is 0. The summed E-state index contributed by atoms with van der Waals surface area (Å²) in [5.41, 5.74) is 3.54. The highest BCUT2D eigenvalue weighted by Crippen LogP contribution is 2.44. The van der Waals surface area contributed by atoms with Crippen molar-refractivity contribution in [2.75, 3.05) is 77.1 Å². The van der Waals surface area contributed by atoms with E-state index < -0.39 is 107 Å². The van der Waals surface area contributed by atoms with E-state index in [4.69, 9.17) is 33.2 Å². The number of cyclic esters (lactones) is 1. The number of aromatic nitrogens is 6. The SMILES string of the molecule is C=CC[C@@H]1/C=C(/C)C[C@H](C)C[C@H](OC)[C@H]2O[C@@](O)(C(=O)C(=O)N3CCCC[C@H]3C(=O)O[C@H](/C(C)=C/[C@@H]3CC[C@@H](O)[C@H](OC)C3)[C@H](C)[C@@H](O)CC1=O)[C@H](C)C[C@@H]2OC.CC[C@@H]([C@H](C)O)n1ncn(-c2ccc(N3CCN(c4ccc(OC[C@@H]5CO[C@@](Cn6cncn6)(c6ccc(F)cc6F)C5)cc4)CC3)cc2)c1=O. The number of methoxy groups -OCH3 is 3. The second-order valence-corrected chi connectivity index (χ2v) is 30.6. The summed E-state index contributed by atoms with van der Waals surface area (Å²) in [5.74, 6) is -8.32. The van der Waals surface area contributed by atoms with Gasteiger partial charge in [0.25, 0.3) is 11.7 Å². The van der Waals surface area contributed by atoms with E-state index in [1.54, 1.807) is 45.0 Å². The van der Waals surface area contributed by atoms with E-state index >= 15 is 0 Å². The third kappa shape index (κ3) is 19.5. The summed E-state index contributed by atoms with van der Waals surface area (Å²) in [6.45, 7) is 21.1. The average Bonchev–Trinajstić information content (AvgIpc) is 1.28.